The van der Waals surface area contributed by atoms with Crippen molar-refractivity contribution in [3.8, 4) is 5.75 Å². The molecule has 2 aromatic rings. The van der Waals surface area contributed by atoms with Crippen LogP contribution < -0.4 is 16.2 Å². The average molecular weight is 493 g/mol. The Morgan fingerprint density at radius 3 is 2.44 bits per heavy atom. The number of benzene rings is 2. The Labute approximate surface area is 215 Å². The van der Waals surface area contributed by atoms with E-state index in [1.54, 1.807) is 36.4 Å². The van der Waals surface area contributed by atoms with Gasteiger partial charge in [-0.25, -0.2) is 4.79 Å². The second kappa shape index (κ2) is 14.3. The van der Waals surface area contributed by atoms with Crippen LogP contribution in [0.3, 0.4) is 0 Å². The van der Waals surface area contributed by atoms with Gasteiger partial charge in [-0.2, -0.15) is 0 Å². The van der Waals surface area contributed by atoms with Crippen LogP contribution in [0.1, 0.15) is 75.8 Å². The summed E-state index contributed by atoms with van der Waals surface area (Å²) in [6.07, 6.45) is 14.2. The first kappa shape index (κ1) is 27.3. The van der Waals surface area contributed by atoms with Crippen LogP contribution in [0.5, 0.6) is 5.75 Å². The molecule has 36 heavy (non-hydrogen) atoms. The van der Waals surface area contributed by atoms with Gasteiger partial charge in [0.25, 0.3) is 0 Å². The number of esters is 2. The van der Waals surface area contributed by atoms with Crippen molar-refractivity contribution in [1.82, 2.24) is 0 Å². The number of nitrogen functional groups attached to an aromatic ring is 2. The summed E-state index contributed by atoms with van der Waals surface area (Å²) in [6, 6.07) is 12.4. The fourth-order valence-corrected chi connectivity index (χ4v) is 4.71. The van der Waals surface area contributed by atoms with Crippen LogP contribution in [0.2, 0.25) is 0 Å². The van der Waals surface area contributed by atoms with Crippen LogP contribution >= 0.6 is 0 Å². The molecule has 0 aliphatic heterocycles. The lowest BCUT2D eigenvalue weighted by Gasteiger charge is -2.27. The van der Waals surface area contributed by atoms with Crippen molar-refractivity contribution < 1.29 is 19.1 Å². The van der Waals surface area contributed by atoms with Crippen LogP contribution in [0.25, 0.3) is 6.08 Å². The van der Waals surface area contributed by atoms with Gasteiger partial charge in [0.1, 0.15) is 5.75 Å². The predicted molar refractivity (Wildman–Crippen MR) is 145 cm³/mol. The van der Waals surface area contributed by atoms with Gasteiger partial charge in [0, 0.05) is 23.9 Å². The van der Waals surface area contributed by atoms with E-state index < -0.39 is 5.97 Å². The molecule has 0 aromatic heterocycles. The molecule has 0 saturated heterocycles. The third-order valence-electron chi connectivity index (χ3n) is 6.94. The smallest absolute Gasteiger partial charge is 0.330 e. The molecule has 194 valence electrons. The number of ether oxygens (including phenoxy) is 2. The lowest BCUT2D eigenvalue weighted by Crippen LogP contribution is -2.25. The normalized spacial score (nSPS) is 17.7. The molecule has 0 unspecified atom stereocenters. The Kier molecular flexibility index (Phi) is 10.9. The largest absolute Gasteiger partial charge is 0.462 e. The van der Waals surface area contributed by atoms with E-state index >= 15 is 0 Å². The maximum absolute atomic E-state index is 12.6. The van der Waals surface area contributed by atoms with Crippen molar-refractivity contribution in [3.05, 3.63) is 59.7 Å². The van der Waals surface area contributed by atoms with Gasteiger partial charge in [-0.1, -0.05) is 51.2 Å². The van der Waals surface area contributed by atoms with Gasteiger partial charge in [0.15, 0.2) is 0 Å². The third-order valence-corrected chi connectivity index (χ3v) is 6.94. The molecule has 6 nitrogen and oxygen atoms in total. The lowest BCUT2D eigenvalue weighted by molar-refractivity contribution is -0.140. The molecule has 3 rings (SSSR count). The molecule has 1 aliphatic rings. The van der Waals surface area contributed by atoms with Crippen LogP contribution in [0.15, 0.2) is 48.5 Å². The van der Waals surface area contributed by atoms with Gasteiger partial charge in [-0.05, 0) is 79.1 Å². The van der Waals surface area contributed by atoms with Gasteiger partial charge >= 0.3 is 11.9 Å². The maximum Gasteiger partial charge on any atom is 0.330 e. The Morgan fingerprint density at radius 1 is 0.972 bits per heavy atom. The van der Waals surface area contributed by atoms with Gasteiger partial charge < -0.3 is 20.9 Å². The summed E-state index contributed by atoms with van der Waals surface area (Å²) in [7, 11) is 0. The highest BCUT2D eigenvalue weighted by molar-refractivity contribution is 5.87. The Bertz CT molecular complexity index is 1010. The predicted octanol–water partition coefficient (Wildman–Crippen LogP) is 6.33. The van der Waals surface area contributed by atoms with Crippen LogP contribution in [0, 0.1) is 11.8 Å². The highest BCUT2D eigenvalue weighted by Gasteiger charge is 2.27. The van der Waals surface area contributed by atoms with Crippen LogP contribution in [-0.4, -0.2) is 18.5 Å². The quantitative estimate of drug-likeness (QED) is 0.118. The number of carbonyl (C=O) groups excluding carboxylic acids is 2. The molecule has 0 radical (unpaired) electrons. The molecule has 4 N–H and O–H groups in total. The Balaban J connectivity index is 1.37. The fraction of sp³-hybridized carbons (Fsp3) is 0.467. The summed E-state index contributed by atoms with van der Waals surface area (Å²) < 4.78 is 10.9. The van der Waals surface area contributed by atoms with Crippen LogP contribution in [-0.2, 0) is 20.7 Å². The molecule has 6 heteroatoms. The van der Waals surface area contributed by atoms with Crippen molar-refractivity contribution in [2.24, 2.45) is 11.8 Å². The third kappa shape index (κ3) is 9.06. The first-order valence-electron chi connectivity index (χ1n) is 13.2. The molecular weight excluding hydrogens is 452 g/mol. The van der Waals surface area contributed by atoms with Crippen molar-refractivity contribution in [1.29, 1.82) is 0 Å². The minimum atomic E-state index is -0.436. The Morgan fingerprint density at radius 2 is 1.72 bits per heavy atom. The molecule has 0 bridgehead atoms. The molecule has 1 fully saturated rings. The molecule has 0 spiro atoms. The van der Waals surface area contributed by atoms with Crippen molar-refractivity contribution in [3.63, 3.8) is 0 Å². The van der Waals surface area contributed by atoms with E-state index in [1.165, 1.54) is 38.2 Å². The standard InChI is InChI=1S/C30H40N2O4/c1-2-3-4-5-6-22-7-12-24(13-8-22)30(34)36-27-15-9-23(10-16-27)11-18-29(33)35-20-19-25-21-26(31)14-17-28(25)32/h9-11,14-18,21-22,24H,2-8,12-13,19-20,31-32H2,1H3/b18-11+. The first-order chi connectivity index (χ1) is 17.4. The second-order valence-electron chi connectivity index (χ2n) is 9.77. The van der Waals surface area contributed by atoms with E-state index in [9.17, 15) is 9.59 Å². The summed E-state index contributed by atoms with van der Waals surface area (Å²) in [5.41, 5.74) is 14.6. The van der Waals surface area contributed by atoms with E-state index in [2.05, 4.69) is 6.92 Å². The van der Waals surface area contributed by atoms with Gasteiger partial charge in [0.05, 0.1) is 12.5 Å². The van der Waals surface area contributed by atoms with E-state index in [0.29, 0.717) is 23.5 Å². The number of hydrogen-bond donors (Lipinski definition) is 2. The van der Waals surface area contributed by atoms with Gasteiger partial charge in [0.2, 0.25) is 0 Å². The minimum absolute atomic E-state index is 0.00564. The fourth-order valence-electron chi connectivity index (χ4n) is 4.71. The second-order valence-corrected chi connectivity index (χ2v) is 9.77. The summed E-state index contributed by atoms with van der Waals surface area (Å²) in [4.78, 5) is 24.6. The number of nitrogens with two attached hydrogens (primary N) is 2. The first-order valence-corrected chi connectivity index (χ1v) is 13.2. The summed E-state index contributed by atoms with van der Waals surface area (Å²) in [6.45, 7) is 2.45. The van der Waals surface area contributed by atoms with Crippen molar-refractivity contribution >= 4 is 29.4 Å². The highest BCUT2D eigenvalue weighted by Crippen LogP contribution is 2.33. The van der Waals surface area contributed by atoms with Gasteiger partial charge in [-0.15, -0.1) is 0 Å². The van der Waals surface area contributed by atoms with E-state index in [1.807, 2.05) is 12.1 Å². The molecule has 1 aliphatic carbocycles. The number of hydrogen-bond acceptors (Lipinski definition) is 6. The zero-order valence-electron chi connectivity index (χ0n) is 21.4. The maximum atomic E-state index is 12.6. The minimum Gasteiger partial charge on any atom is -0.462 e. The SMILES string of the molecule is CCCCCCC1CCC(C(=O)Oc2ccc(/C=C/C(=O)OCCc3cc(N)ccc3N)cc2)CC1. The van der Waals surface area contributed by atoms with Gasteiger partial charge in [-0.3, -0.25) is 4.79 Å². The zero-order valence-corrected chi connectivity index (χ0v) is 21.4. The molecule has 0 atom stereocenters. The topological polar surface area (TPSA) is 105 Å². The molecule has 2 aromatic carbocycles. The molecule has 0 heterocycles. The van der Waals surface area contributed by atoms with E-state index in [-0.39, 0.29) is 18.5 Å². The number of unbranched alkanes of at least 4 members (excludes halogenated alkanes) is 3. The average Bonchev–Trinajstić information content (AvgIpc) is 2.88. The summed E-state index contributed by atoms with van der Waals surface area (Å²) in [5.74, 6) is 0.718. The zero-order chi connectivity index (χ0) is 25.8. The molecule has 1 saturated carbocycles. The number of carbonyl (C=O) groups is 2. The molecular formula is C30H40N2O4. The van der Waals surface area contributed by atoms with Crippen LogP contribution in [0.4, 0.5) is 11.4 Å². The highest BCUT2D eigenvalue weighted by atomic mass is 16.5. The van der Waals surface area contributed by atoms with Crippen molar-refractivity contribution in [2.45, 2.75) is 71.1 Å². The summed E-state index contributed by atoms with van der Waals surface area (Å²) >= 11 is 0. The molecule has 0 amide bonds. The Hall–Kier alpha value is -3.28. The monoisotopic (exact) mass is 492 g/mol. The van der Waals surface area contributed by atoms with E-state index in [4.69, 9.17) is 20.9 Å². The number of rotatable bonds is 12. The van der Waals surface area contributed by atoms with Crippen molar-refractivity contribution in [2.75, 3.05) is 18.1 Å². The summed E-state index contributed by atoms with van der Waals surface area (Å²) in [5, 5.41) is 0. The van der Waals surface area contributed by atoms with E-state index in [0.717, 1.165) is 42.7 Å². The lowest BCUT2D eigenvalue weighted by atomic mass is 9.80. The number of anilines is 2.